The van der Waals surface area contributed by atoms with Crippen LogP contribution in [-0.2, 0) is 11.0 Å². The molecule has 144 valence electrons. The molecule has 0 unspecified atom stereocenters. The smallest absolute Gasteiger partial charge is 0.356 e. The van der Waals surface area contributed by atoms with Crippen LogP contribution in [0.4, 0.5) is 19.0 Å². The zero-order chi connectivity index (χ0) is 18.7. The molecule has 2 fully saturated rings. The molecule has 1 N–H and O–H groups in total. The lowest BCUT2D eigenvalue weighted by atomic mass is 9.93. The predicted octanol–water partition coefficient (Wildman–Crippen LogP) is 4.53. The molecule has 0 bridgehead atoms. The van der Waals surface area contributed by atoms with Gasteiger partial charge in [0.1, 0.15) is 5.82 Å². The van der Waals surface area contributed by atoms with Crippen LogP contribution in [0.5, 0.6) is 0 Å². The van der Waals surface area contributed by atoms with Gasteiger partial charge in [-0.1, -0.05) is 12.8 Å². The standard InChI is InChI=1S/C18H23BrF3N3O/c19-13-10-15(18(20,21)22)17(23-11-13)25-7-5-12(6-8-25)9-16(26)24-14-3-1-2-4-14/h10-12,14H,1-9H2,(H,24,26). The number of nitrogens with zero attached hydrogens (tertiary/aromatic N) is 2. The third kappa shape index (κ3) is 4.90. The minimum atomic E-state index is -4.44. The van der Waals surface area contributed by atoms with Crippen LogP contribution in [0.3, 0.4) is 0 Å². The summed E-state index contributed by atoms with van der Waals surface area (Å²) in [7, 11) is 0. The zero-order valence-electron chi connectivity index (χ0n) is 14.5. The average molecular weight is 434 g/mol. The van der Waals surface area contributed by atoms with Gasteiger partial charge in [-0.15, -0.1) is 0 Å². The molecule has 1 saturated carbocycles. The molecule has 1 saturated heterocycles. The number of anilines is 1. The van der Waals surface area contributed by atoms with E-state index in [-0.39, 0.29) is 17.6 Å². The molecule has 0 spiro atoms. The second-order valence-electron chi connectivity index (χ2n) is 7.21. The van der Waals surface area contributed by atoms with Crippen molar-refractivity contribution in [3.63, 3.8) is 0 Å². The first kappa shape index (κ1) is 19.5. The Hall–Kier alpha value is -1.31. The molecular formula is C18H23BrF3N3O. The van der Waals surface area contributed by atoms with Crippen molar-refractivity contribution in [1.29, 1.82) is 0 Å². The largest absolute Gasteiger partial charge is 0.419 e. The summed E-state index contributed by atoms with van der Waals surface area (Å²) in [5.74, 6) is 0.278. The van der Waals surface area contributed by atoms with Crippen LogP contribution in [0.1, 0.15) is 50.5 Å². The van der Waals surface area contributed by atoms with Crippen molar-refractivity contribution in [2.45, 2.75) is 57.2 Å². The molecule has 8 heteroatoms. The fourth-order valence-electron chi connectivity index (χ4n) is 3.86. The minimum absolute atomic E-state index is 0.0189. The summed E-state index contributed by atoms with van der Waals surface area (Å²) in [6.45, 7) is 0.970. The molecule has 1 amide bonds. The van der Waals surface area contributed by atoms with Gasteiger partial charge in [0.2, 0.25) is 5.91 Å². The Labute approximate surface area is 159 Å². The summed E-state index contributed by atoms with van der Waals surface area (Å²) in [4.78, 5) is 17.8. The molecule has 0 aromatic carbocycles. The van der Waals surface area contributed by atoms with Crippen LogP contribution >= 0.6 is 15.9 Å². The van der Waals surface area contributed by atoms with E-state index in [1.165, 1.54) is 19.0 Å². The Balaban J connectivity index is 1.56. The molecule has 4 nitrogen and oxygen atoms in total. The highest BCUT2D eigenvalue weighted by atomic mass is 79.9. The van der Waals surface area contributed by atoms with Gasteiger partial charge in [0.25, 0.3) is 0 Å². The first-order valence-corrected chi connectivity index (χ1v) is 9.89. The van der Waals surface area contributed by atoms with Gasteiger partial charge in [0.05, 0.1) is 5.56 Å². The van der Waals surface area contributed by atoms with E-state index < -0.39 is 11.7 Å². The van der Waals surface area contributed by atoms with Gasteiger partial charge in [0, 0.05) is 36.2 Å². The number of amides is 1. The Bertz CT molecular complexity index is 639. The number of carbonyl (C=O) groups is 1. The van der Waals surface area contributed by atoms with Crippen LogP contribution in [0.25, 0.3) is 0 Å². The van der Waals surface area contributed by atoms with Crippen molar-refractivity contribution in [3.05, 3.63) is 22.3 Å². The van der Waals surface area contributed by atoms with Crippen LogP contribution in [0.15, 0.2) is 16.7 Å². The lowest BCUT2D eigenvalue weighted by Crippen LogP contribution is -2.39. The third-order valence-corrected chi connectivity index (χ3v) is 5.68. The van der Waals surface area contributed by atoms with Crippen molar-refractivity contribution < 1.29 is 18.0 Å². The van der Waals surface area contributed by atoms with E-state index >= 15 is 0 Å². The quantitative estimate of drug-likeness (QED) is 0.758. The predicted molar refractivity (Wildman–Crippen MR) is 96.9 cm³/mol. The second-order valence-corrected chi connectivity index (χ2v) is 8.12. The van der Waals surface area contributed by atoms with Crippen molar-refractivity contribution in [2.24, 2.45) is 5.92 Å². The van der Waals surface area contributed by atoms with Gasteiger partial charge in [-0.05, 0) is 53.6 Å². The summed E-state index contributed by atoms with van der Waals surface area (Å²) < 4.78 is 40.2. The minimum Gasteiger partial charge on any atom is -0.356 e. The number of nitrogens with one attached hydrogen (secondary N) is 1. The van der Waals surface area contributed by atoms with Crippen molar-refractivity contribution in [1.82, 2.24) is 10.3 Å². The topological polar surface area (TPSA) is 45.2 Å². The highest BCUT2D eigenvalue weighted by molar-refractivity contribution is 9.10. The molecule has 0 atom stereocenters. The monoisotopic (exact) mass is 433 g/mol. The second kappa shape index (κ2) is 8.15. The molecule has 2 aliphatic rings. The SMILES string of the molecule is O=C(CC1CCN(c2ncc(Br)cc2C(F)(F)F)CC1)NC1CCCC1. The Morgan fingerprint density at radius 1 is 1.23 bits per heavy atom. The Kier molecular flexibility index (Phi) is 6.10. The maximum Gasteiger partial charge on any atom is 0.419 e. The lowest BCUT2D eigenvalue weighted by Gasteiger charge is -2.34. The van der Waals surface area contributed by atoms with E-state index in [0.29, 0.717) is 42.9 Å². The fourth-order valence-corrected chi connectivity index (χ4v) is 4.19. The molecule has 1 aromatic rings. The summed E-state index contributed by atoms with van der Waals surface area (Å²) in [6, 6.07) is 1.38. The van der Waals surface area contributed by atoms with E-state index in [1.54, 1.807) is 4.90 Å². The summed E-state index contributed by atoms with van der Waals surface area (Å²) in [6.07, 6.45) is 3.27. The summed E-state index contributed by atoms with van der Waals surface area (Å²) in [5.41, 5.74) is -0.718. The van der Waals surface area contributed by atoms with E-state index in [9.17, 15) is 18.0 Å². The van der Waals surface area contributed by atoms with E-state index in [4.69, 9.17) is 0 Å². The van der Waals surface area contributed by atoms with Crippen molar-refractivity contribution in [2.75, 3.05) is 18.0 Å². The van der Waals surface area contributed by atoms with Crippen LogP contribution in [-0.4, -0.2) is 30.0 Å². The normalized spacial score (nSPS) is 19.8. The molecule has 1 aliphatic carbocycles. The third-order valence-electron chi connectivity index (χ3n) is 5.25. The van der Waals surface area contributed by atoms with Crippen molar-refractivity contribution >= 4 is 27.7 Å². The van der Waals surface area contributed by atoms with Gasteiger partial charge >= 0.3 is 6.18 Å². The Morgan fingerprint density at radius 3 is 2.50 bits per heavy atom. The van der Waals surface area contributed by atoms with Gasteiger partial charge in [0.15, 0.2) is 0 Å². The first-order valence-electron chi connectivity index (χ1n) is 9.10. The molecule has 3 rings (SSSR count). The number of pyridine rings is 1. The first-order chi connectivity index (χ1) is 12.3. The van der Waals surface area contributed by atoms with E-state index in [2.05, 4.69) is 26.2 Å². The summed E-state index contributed by atoms with van der Waals surface area (Å²) in [5, 5.41) is 3.09. The number of halogens is 4. The number of aromatic nitrogens is 1. The number of hydrogen-bond donors (Lipinski definition) is 1. The highest BCUT2D eigenvalue weighted by Gasteiger charge is 2.37. The molecule has 0 radical (unpaired) electrons. The molecular weight excluding hydrogens is 411 g/mol. The van der Waals surface area contributed by atoms with Gasteiger partial charge < -0.3 is 10.2 Å². The van der Waals surface area contributed by atoms with Gasteiger partial charge in [-0.2, -0.15) is 13.2 Å². The molecule has 1 aliphatic heterocycles. The number of alkyl halides is 3. The molecule has 26 heavy (non-hydrogen) atoms. The van der Waals surface area contributed by atoms with E-state index in [1.807, 2.05) is 0 Å². The maximum absolute atomic E-state index is 13.3. The number of carbonyl (C=O) groups excluding carboxylic acids is 1. The summed E-state index contributed by atoms with van der Waals surface area (Å²) >= 11 is 3.06. The van der Waals surface area contributed by atoms with Gasteiger partial charge in [-0.3, -0.25) is 4.79 Å². The highest BCUT2D eigenvalue weighted by Crippen LogP contribution is 2.38. The van der Waals surface area contributed by atoms with E-state index in [0.717, 1.165) is 18.9 Å². The Morgan fingerprint density at radius 2 is 1.88 bits per heavy atom. The molecule has 1 aromatic heterocycles. The number of rotatable bonds is 4. The maximum atomic E-state index is 13.3. The average Bonchev–Trinajstić information content (AvgIpc) is 3.07. The fraction of sp³-hybridized carbons (Fsp3) is 0.667. The molecule has 2 heterocycles. The van der Waals surface area contributed by atoms with Crippen LogP contribution in [0, 0.1) is 5.92 Å². The number of piperidine rings is 1. The van der Waals surface area contributed by atoms with Crippen LogP contribution in [0.2, 0.25) is 0 Å². The number of hydrogen-bond acceptors (Lipinski definition) is 3. The van der Waals surface area contributed by atoms with Crippen molar-refractivity contribution in [3.8, 4) is 0 Å². The van der Waals surface area contributed by atoms with Gasteiger partial charge in [-0.25, -0.2) is 4.98 Å². The lowest BCUT2D eigenvalue weighted by molar-refractivity contribution is -0.137. The van der Waals surface area contributed by atoms with Crippen LogP contribution < -0.4 is 10.2 Å². The zero-order valence-corrected chi connectivity index (χ0v) is 16.1.